The number of Topliss-reactive ketones (excluding diaryl/α,β-unsaturated/α-hetero) is 1. The van der Waals surface area contributed by atoms with Gasteiger partial charge in [0.1, 0.15) is 0 Å². The molecular formula is C17H17ClN2O7. The van der Waals surface area contributed by atoms with Gasteiger partial charge in [0, 0.05) is 0 Å². The molecular weight excluding hydrogens is 380 g/mol. The van der Waals surface area contributed by atoms with E-state index in [1.54, 1.807) is 0 Å². The fourth-order valence-electron chi connectivity index (χ4n) is 2.46. The molecule has 3 amide bonds. The van der Waals surface area contributed by atoms with E-state index in [2.05, 4.69) is 10.1 Å². The number of rotatable bonds is 5. The van der Waals surface area contributed by atoms with Crippen LogP contribution in [0.15, 0.2) is 18.2 Å². The fourth-order valence-corrected chi connectivity index (χ4v) is 2.62. The summed E-state index contributed by atoms with van der Waals surface area (Å²) in [5, 5.41) is 2.43. The number of carbonyl (C=O) groups is 5. The molecule has 0 aromatic heterocycles. The summed E-state index contributed by atoms with van der Waals surface area (Å²) in [6.07, 6.45) is -1.10. The van der Waals surface area contributed by atoms with Crippen molar-refractivity contribution in [2.45, 2.75) is 32.4 Å². The van der Waals surface area contributed by atoms with Gasteiger partial charge in [-0.2, -0.15) is 0 Å². The maximum absolute atomic E-state index is 12.6. The highest BCUT2D eigenvalue weighted by atomic mass is 35.5. The summed E-state index contributed by atoms with van der Waals surface area (Å²) in [6, 6.07) is 2.24. The quantitative estimate of drug-likeness (QED) is 0.595. The van der Waals surface area contributed by atoms with Crippen molar-refractivity contribution < 1.29 is 33.4 Å². The number of esters is 1. The molecule has 1 aliphatic heterocycles. The summed E-state index contributed by atoms with van der Waals surface area (Å²) in [7, 11) is 1.19. The van der Waals surface area contributed by atoms with Crippen LogP contribution in [-0.4, -0.2) is 53.3 Å². The highest BCUT2D eigenvalue weighted by molar-refractivity contribution is 6.34. The van der Waals surface area contributed by atoms with Gasteiger partial charge in [-0.1, -0.05) is 11.6 Å². The molecule has 1 heterocycles. The number of ether oxygens (including phenoxy) is 2. The summed E-state index contributed by atoms with van der Waals surface area (Å²) in [5.74, 6) is -3.22. The summed E-state index contributed by atoms with van der Waals surface area (Å²) < 4.78 is 9.50. The Kier molecular flexibility index (Phi) is 5.55. The van der Waals surface area contributed by atoms with Crippen LogP contribution in [-0.2, 0) is 23.9 Å². The third-order valence-corrected chi connectivity index (χ3v) is 4.14. The number of nitrogens with one attached hydrogen (secondary N) is 1. The average molecular weight is 397 g/mol. The average Bonchev–Trinajstić information content (AvgIpc) is 2.78. The largest absolute Gasteiger partial charge is 0.465 e. The van der Waals surface area contributed by atoms with Gasteiger partial charge in [-0.05, 0) is 39.0 Å². The molecule has 27 heavy (non-hydrogen) atoms. The number of nitrogens with zero attached hydrogens (tertiary/aromatic N) is 1. The highest BCUT2D eigenvalue weighted by Gasteiger charge is 2.53. The molecule has 1 aliphatic rings. The zero-order chi connectivity index (χ0) is 20.5. The predicted molar refractivity (Wildman–Crippen MR) is 93.3 cm³/mol. The normalized spacial score (nSPS) is 16.6. The number of carbonyl (C=O) groups excluding carboxylic acids is 5. The fraction of sp³-hybridized carbons (Fsp3) is 0.353. The minimum absolute atomic E-state index is 0.00934. The standard InChI is InChI=1S/C17H17ClN2O7/c1-8(21)12(20-15(24)17(2,3)27-16(20)25)13(22)19-11-7-9(14(23)26-4)5-6-10(11)18/h5-7,12H,1-4H3,(H,19,22). The molecule has 1 unspecified atom stereocenters. The lowest BCUT2D eigenvalue weighted by Crippen LogP contribution is -2.52. The van der Waals surface area contributed by atoms with E-state index < -0.39 is 41.3 Å². The van der Waals surface area contributed by atoms with Crippen LogP contribution in [0.5, 0.6) is 0 Å². The predicted octanol–water partition coefficient (Wildman–Crippen LogP) is 1.78. The summed E-state index contributed by atoms with van der Waals surface area (Å²) in [6.45, 7) is 3.75. The smallest absolute Gasteiger partial charge is 0.418 e. The number of imide groups is 1. The highest BCUT2D eigenvalue weighted by Crippen LogP contribution is 2.28. The van der Waals surface area contributed by atoms with Crippen LogP contribution in [0.25, 0.3) is 0 Å². The van der Waals surface area contributed by atoms with Crippen LogP contribution in [0.4, 0.5) is 10.5 Å². The lowest BCUT2D eigenvalue weighted by atomic mass is 10.1. The lowest BCUT2D eigenvalue weighted by molar-refractivity contribution is -0.142. The first kappa shape index (κ1) is 20.4. The molecule has 2 rings (SSSR count). The maximum Gasteiger partial charge on any atom is 0.418 e. The monoisotopic (exact) mass is 396 g/mol. The van der Waals surface area contributed by atoms with Crippen molar-refractivity contribution in [3.05, 3.63) is 28.8 Å². The van der Waals surface area contributed by atoms with E-state index in [1.807, 2.05) is 0 Å². The van der Waals surface area contributed by atoms with Crippen molar-refractivity contribution in [3.63, 3.8) is 0 Å². The van der Waals surface area contributed by atoms with Gasteiger partial charge in [-0.25, -0.2) is 14.5 Å². The molecule has 1 atom stereocenters. The minimum atomic E-state index is -1.75. The van der Waals surface area contributed by atoms with Gasteiger partial charge in [0.25, 0.3) is 11.8 Å². The maximum atomic E-state index is 12.6. The van der Waals surface area contributed by atoms with Crippen LogP contribution in [0, 0.1) is 0 Å². The van der Waals surface area contributed by atoms with Crippen molar-refractivity contribution in [1.29, 1.82) is 0 Å². The van der Waals surface area contributed by atoms with E-state index in [9.17, 15) is 24.0 Å². The van der Waals surface area contributed by atoms with E-state index in [-0.39, 0.29) is 16.3 Å². The molecule has 0 spiro atoms. The van der Waals surface area contributed by atoms with E-state index >= 15 is 0 Å². The molecule has 1 fully saturated rings. The zero-order valence-corrected chi connectivity index (χ0v) is 15.7. The Labute approximate surface area is 159 Å². The van der Waals surface area contributed by atoms with Crippen LogP contribution in [0.2, 0.25) is 5.02 Å². The van der Waals surface area contributed by atoms with Crippen molar-refractivity contribution in [1.82, 2.24) is 4.90 Å². The second-order valence-corrected chi connectivity index (χ2v) is 6.65. The first-order valence-corrected chi connectivity index (χ1v) is 8.13. The Bertz CT molecular complexity index is 850. The molecule has 10 heteroatoms. The first-order chi connectivity index (χ1) is 12.5. The number of hydrogen-bond donors (Lipinski definition) is 1. The van der Waals surface area contributed by atoms with Crippen LogP contribution in [0.1, 0.15) is 31.1 Å². The first-order valence-electron chi connectivity index (χ1n) is 7.75. The molecule has 1 saturated heterocycles. The van der Waals surface area contributed by atoms with Crippen molar-refractivity contribution in [3.8, 4) is 0 Å². The molecule has 0 bridgehead atoms. The van der Waals surface area contributed by atoms with Gasteiger partial charge in [-0.3, -0.25) is 14.4 Å². The summed E-state index contributed by atoms with van der Waals surface area (Å²) >= 11 is 6.01. The Hall–Kier alpha value is -2.94. The van der Waals surface area contributed by atoms with Gasteiger partial charge >= 0.3 is 12.1 Å². The molecule has 1 aromatic carbocycles. The van der Waals surface area contributed by atoms with E-state index in [4.69, 9.17) is 16.3 Å². The summed E-state index contributed by atoms with van der Waals surface area (Å²) in [5.41, 5.74) is -1.38. The Balaban J connectivity index is 2.35. The number of benzene rings is 1. The molecule has 0 saturated carbocycles. The van der Waals surface area contributed by atoms with Crippen molar-refractivity contribution in [2.24, 2.45) is 0 Å². The third-order valence-electron chi connectivity index (χ3n) is 3.81. The number of ketones is 1. The molecule has 0 radical (unpaired) electrons. The second-order valence-electron chi connectivity index (χ2n) is 6.24. The Morgan fingerprint density at radius 3 is 2.37 bits per heavy atom. The molecule has 144 valence electrons. The second kappa shape index (κ2) is 7.36. The Morgan fingerprint density at radius 1 is 1.26 bits per heavy atom. The van der Waals surface area contributed by atoms with Gasteiger partial charge < -0.3 is 14.8 Å². The van der Waals surface area contributed by atoms with Crippen LogP contribution < -0.4 is 5.32 Å². The number of methoxy groups -OCH3 is 1. The molecule has 9 nitrogen and oxygen atoms in total. The Morgan fingerprint density at radius 2 is 1.89 bits per heavy atom. The van der Waals surface area contributed by atoms with Gasteiger partial charge in [0.2, 0.25) is 0 Å². The number of cyclic esters (lactones) is 1. The molecule has 1 aromatic rings. The molecule has 1 N–H and O–H groups in total. The lowest BCUT2D eigenvalue weighted by Gasteiger charge is -2.22. The van der Waals surface area contributed by atoms with Crippen LogP contribution in [0.3, 0.4) is 0 Å². The van der Waals surface area contributed by atoms with Crippen molar-refractivity contribution in [2.75, 3.05) is 12.4 Å². The van der Waals surface area contributed by atoms with E-state index in [0.29, 0.717) is 4.90 Å². The third kappa shape index (κ3) is 3.92. The van der Waals surface area contributed by atoms with Crippen LogP contribution >= 0.6 is 11.6 Å². The SMILES string of the molecule is COC(=O)c1ccc(Cl)c(NC(=O)C(C(C)=O)N2C(=O)OC(C)(C)C2=O)c1. The van der Waals surface area contributed by atoms with E-state index in [0.717, 1.165) is 6.92 Å². The molecule has 0 aliphatic carbocycles. The number of halogens is 1. The van der Waals surface area contributed by atoms with Crippen molar-refractivity contribution >= 4 is 46.9 Å². The topological polar surface area (TPSA) is 119 Å². The van der Waals surface area contributed by atoms with Gasteiger partial charge in [-0.15, -0.1) is 0 Å². The minimum Gasteiger partial charge on any atom is -0.465 e. The van der Waals surface area contributed by atoms with Gasteiger partial charge in [0.15, 0.2) is 17.4 Å². The van der Waals surface area contributed by atoms with Gasteiger partial charge in [0.05, 0.1) is 23.4 Å². The number of hydrogen-bond acceptors (Lipinski definition) is 7. The van der Waals surface area contributed by atoms with E-state index in [1.165, 1.54) is 39.2 Å². The zero-order valence-electron chi connectivity index (χ0n) is 15.0. The summed E-state index contributed by atoms with van der Waals surface area (Å²) in [4.78, 5) is 61.1. The number of amides is 3. The number of anilines is 1.